The predicted molar refractivity (Wildman–Crippen MR) is 48.7 cm³/mol. The van der Waals surface area contributed by atoms with E-state index < -0.39 is 16.0 Å². The van der Waals surface area contributed by atoms with E-state index in [1.807, 2.05) is 0 Å². The number of hydrogen-bond acceptors (Lipinski definition) is 4. The Kier molecular flexibility index (Phi) is 3.15. The first kappa shape index (κ1) is 10.6. The van der Waals surface area contributed by atoms with Crippen LogP contribution in [-0.2, 0) is 11.1 Å². The molecule has 0 fully saturated rings. The van der Waals surface area contributed by atoms with Crippen LogP contribution in [0.5, 0.6) is 5.75 Å². The molecule has 76 valence electrons. The van der Waals surface area contributed by atoms with Gasteiger partial charge in [0.25, 0.3) is 5.69 Å². The number of non-ortho nitro benzene ring substituents is 1. The lowest BCUT2D eigenvalue weighted by atomic mass is 10.3. The molecule has 1 aromatic rings. The minimum Gasteiger partial charge on any atom is -0.495 e. The molecule has 1 rings (SSSR count). The Labute approximate surface area is 81.9 Å². The van der Waals surface area contributed by atoms with Crippen molar-refractivity contribution in [1.29, 1.82) is 0 Å². The first-order valence-corrected chi connectivity index (χ1v) is 4.60. The van der Waals surface area contributed by atoms with Crippen LogP contribution in [0.15, 0.2) is 23.1 Å². The summed E-state index contributed by atoms with van der Waals surface area (Å²) in [5.41, 5.74) is -0.184. The van der Waals surface area contributed by atoms with E-state index in [2.05, 4.69) is 0 Å². The third-order valence-corrected chi connectivity index (χ3v) is 2.26. The molecular weight excluding hydrogens is 210 g/mol. The minimum absolute atomic E-state index is 0.0121. The quantitative estimate of drug-likeness (QED) is 0.466. The Morgan fingerprint density at radius 2 is 2.21 bits per heavy atom. The highest BCUT2D eigenvalue weighted by Crippen LogP contribution is 2.26. The van der Waals surface area contributed by atoms with Gasteiger partial charge in [-0.05, 0) is 6.07 Å². The molecule has 1 N–H and O–H groups in total. The Morgan fingerprint density at radius 3 is 2.64 bits per heavy atom. The van der Waals surface area contributed by atoms with Crippen molar-refractivity contribution >= 4 is 16.8 Å². The summed E-state index contributed by atoms with van der Waals surface area (Å²) in [5, 5.41) is 10.4. The smallest absolute Gasteiger partial charge is 0.273 e. The lowest BCUT2D eigenvalue weighted by Crippen LogP contribution is -1.96. The molecule has 0 aliphatic carbocycles. The molecule has 0 amide bonds. The Balaban J connectivity index is 3.25. The van der Waals surface area contributed by atoms with Gasteiger partial charge in [0.2, 0.25) is 0 Å². The number of benzene rings is 1. The standard InChI is InChI=1S/C7H7NO5S/c1-13-6-4-5(8(9)10)2-3-7(6)14(11)12/h2-4H,1H3,(H,11,12). The summed E-state index contributed by atoms with van der Waals surface area (Å²) in [6.45, 7) is 0. The second-order valence-electron chi connectivity index (χ2n) is 2.34. The topological polar surface area (TPSA) is 89.7 Å². The fourth-order valence-corrected chi connectivity index (χ4v) is 1.41. The largest absolute Gasteiger partial charge is 0.495 e. The van der Waals surface area contributed by atoms with E-state index in [0.717, 1.165) is 12.1 Å². The van der Waals surface area contributed by atoms with E-state index in [1.165, 1.54) is 13.2 Å². The lowest BCUT2D eigenvalue weighted by Gasteiger charge is -2.03. The number of nitrogens with zero attached hydrogens (tertiary/aromatic N) is 1. The molecule has 0 heterocycles. The number of ether oxygens (including phenoxy) is 1. The summed E-state index contributed by atoms with van der Waals surface area (Å²) in [7, 11) is 1.27. The first-order chi connectivity index (χ1) is 6.56. The number of rotatable bonds is 3. The van der Waals surface area contributed by atoms with Gasteiger partial charge in [-0.15, -0.1) is 0 Å². The van der Waals surface area contributed by atoms with E-state index in [9.17, 15) is 14.3 Å². The van der Waals surface area contributed by atoms with Gasteiger partial charge in [-0.25, -0.2) is 4.21 Å². The Morgan fingerprint density at radius 1 is 1.57 bits per heavy atom. The van der Waals surface area contributed by atoms with E-state index in [0.29, 0.717) is 0 Å². The summed E-state index contributed by atoms with van der Waals surface area (Å²) in [5.74, 6) is 0.0278. The number of hydrogen-bond donors (Lipinski definition) is 1. The first-order valence-electron chi connectivity index (χ1n) is 3.49. The highest BCUT2D eigenvalue weighted by Gasteiger charge is 2.14. The van der Waals surface area contributed by atoms with Gasteiger partial charge in [0, 0.05) is 6.07 Å². The average Bonchev–Trinajstić information content (AvgIpc) is 2.16. The SMILES string of the molecule is COc1cc([N+](=O)[O-])ccc1S(=O)O. The second-order valence-corrected chi connectivity index (χ2v) is 3.28. The van der Waals surface area contributed by atoms with Crippen molar-refractivity contribution in [2.45, 2.75) is 4.90 Å². The van der Waals surface area contributed by atoms with Crippen molar-refractivity contribution in [3.8, 4) is 5.75 Å². The molecule has 0 aliphatic heterocycles. The maximum atomic E-state index is 10.7. The molecule has 1 aromatic carbocycles. The molecule has 0 saturated heterocycles. The van der Waals surface area contributed by atoms with Crippen LogP contribution in [0.25, 0.3) is 0 Å². The molecule has 0 spiro atoms. The van der Waals surface area contributed by atoms with Crippen LogP contribution in [-0.4, -0.2) is 20.8 Å². The Hall–Kier alpha value is -1.47. The van der Waals surface area contributed by atoms with Crippen LogP contribution < -0.4 is 4.74 Å². The maximum absolute atomic E-state index is 10.7. The van der Waals surface area contributed by atoms with Crippen LogP contribution in [0.2, 0.25) is 0 Å². The van der Waals surface area contributed by atoms with Crippen LogP contribution in [0, 0.1) is 10.1 Å². The van der Waals surface area contributed by atoms with E-state index in [-0.39, 0.29) is 16.3 Å². The Bertz CT molecular complexity index is 392. The summed E-state index contributed by atoms with van der Waals surface area (Å²) in [4.78, 5) is 9.77. The fraction of sp³-hybridized carbons (Fsp3) is 0.143. The number of nitro groups is 1. The zero-order valence-electron chi connectivity index (χ0n) is 7.17. The van der Waals surface area contributed by atoms with Crippen molar-refractivity contribution in [2.75, 3.05) is 7.11 Å². The van der Waals surface area contributed by atoms with Gasteiger partial charge >= 0.3 is 0 Å². The third-order valence-electron chi connectivity index (χ3n) is 1.55. The lowest BCUT2D eigenvalue weighted by molar-refractivity contribution is -0.385. The van der Waals surface area contributed by atoms with Crippen LogP contribution in [0.4, 0.5) is 5.69 Å². The van der Waals surface area contributed by atoms with Crippen molar-refractivity contribution < 1.29 is 18.4 Å². The molecule has 14 heavy (non-hydrogen) atoms. The van der Waals surface area contributed by atoms with Crippen molar-refractivity contribution in [2.24, 2.45) is 0 Å². The predicted octanol–water partition coefficient (Wildman–Crippen LogP) is 1.18. The molecule has 7 heteroatoms. The normalized spacial score (nSPS) is 12.1. The van der Waals surface area contributed by atoms with Gasteiger partial charge in [0.1, 0.15) is 10.6 Å². The minimum atomic E-state index is -2.21. The fourth-order valence-electron chi connectivity index (χ4n) is 0.914. The van der Waals surface area contributed by atoms with E-state index in [4.69, 9.17) is 9.29 Å². The van der Waals surface area contributed by atoms with Crippen LogP contribution >= 0.6 is 0 Å². The van der Waals surface area contributed by atoms with E-state index in [1.54, 1.807) is 0 Å². The highest BCUT2D eigenvalue weighted by atomic mass is 32.2. The number of nitro benzene ring substituents is 1. The van der Waals surface area contributed by atoms with Gasteiger partial charge in [-0.2, -0.15) is 0 Å². The zero-order valence-corrected chi connectivity index (χ0v) is 7.98. The van der Waals surface area contributed by atoms with Crippen molar-refractivity contribution in [3.05, 3.63) is 28.3 Å². The molecule has 1 unspecified atom stereocenters. The van der Waals surface area contributed by atoms with Gasteiger partial charge in [0.15, 0.2) is 11.1 Å². The van der Waals surface area contributed by atoms with Gasteiger partial charge in [-0.3, -0.25) is 10.1 Å². The molecule has 0 bridgehead atoms. The highest BCUT2D eigenvalue weighted by molar-refractivity contribution is 7.79. The van der Waals surface area contributed by atoms with Crippen LogP contribution in [0.1, 0.15) is 0 Å². The van der Waals surface area contributed by atoms with Gasteiger partial charge < -0.3 is 9.29 Å². The van der Waals surface area contributed by atoms with Crippen LogP contribution in [0.3, 0.4) is 0 Å². The number of methoxy groups -OCH3 is 1. The molecule has 6 nitrogen and oxygen atoms in total. The summed E-state index contributed by atoms with van der Waals surface area (Å²) < 4.78 is 24.3. The molecule has 1 atom stereocenters. The zero-order chi connectivity index (χ0) is 10.7. The van der Waals surface area contributed by atoms with Gasteiger partial charge in [0.05, 0.1) is 18.1 Å². The molecule has 0 radical (unpaired) electrons. The summed E-state index contributed by atoms with van der Waals surface area (Å²) in [6, 6.07) is 3.43. The molecule has 0 saturated carbocycles. The average molecular weight is 217 g/mol. The monoisotopic (exact) mass is 217 g/mol. The summed E-state index contributed by atoms with van der Waals surface area (Å²) in [6.07, 6.45) is 0. The molecule has 0 aliphatic rings. The molecule has 0 aromatic heterocycles. The third kappa shape index (κ3) is 2.06. The van der Waals surface area contributed by atoms with E-state index >= 15 is 0 Å². The molecular formula is C7H7NO5S. The van der Waals surface area contributed by atoms with Crippen molar-refractivity contribution in [3.63, 3.8) is 0 Å². The van der Waals surface area contributed by atoms with Gasteiger partial charge in [-0.1, -0.05) is 0 Å². The summed E-state index contributed by atoms with van der Waals surface area (Å²) >= 11 is -2.21. The maximum Gasteiger partial charge on any atom is 0.273 e. The van der Waals surface area contributed by atoms with Crippen molar-refractivity contribution in [1.82, 2.24) is 0 Å². The second kappa shape index (κ2) is 4.16.